The molecule has 0 radical (unpaired) electrons. The monoisotopic (exact) mass is 624 g/mol. The van der Waals surface area contributed by atoms with Gasteiger partial charge in [-0.15, -0.1) is 0 Å². The lowest BCUT2D eigenvalue weighted by molar-refractivity contribution is -0.196. The first-order valence-electron chi connectivity index (χ1n) is 15.9. The third-order valence-electron chi connectivity index (χ3n) is 7.92. The fraction of sp³-hybridized carbons (Fsp3) is 0.342. The van der Waals surface area contributed by atoms with Crippen LogP contribution in [-0.2, 0) is 50.2 Å². The van der Waals surface area contributed by atoms with E-state index in [-0.39, 0.29) is 32.3 Å². The maximum Gasteiger partial charge on any atom is 0.254 e. The molecule has 0 aromatic heterocycles. The molecule has 0 spiro atoms. The Labute approximate surface area is 271 Å². The molecule has 1 fully saturated rings. The maximum absolute atomic E-state index is 14.3. The molecule has 1 saturated heterocycles. The molecule has 242 valence electrons. The zero-order valence-corrected chi connectivity index (χ0v) is 26.2. The fourth-order valence-electron chi connectivity index (χ4n) is 5.41. The van der Waals surface area contributed by atoms with Crippen molar-refractivity contribution >= 4 is 5.91 Å². The van der Waals surface area contributed by atoms with Crippen molar-refractivity contribution in [2.24, 2.45) is 0 Å². The average molecular weight is 625 g/mol. The summed E-state index contributed by atoms with van der Waals surface area (Å²) < 4.78 is 25.6. The summed E-state index contributed by atoms with van der Waals surface area (Å²) in [6, 6.07) is 39.0. The Bertz CT molecular complexity index is 1400. The van der Waals surface area contributed by atoms with Gasteiger partial charge in [0.25, 0.3) is 5.91 Å². The number of rotatable bonds is 17. The lowest BCUT2D eigenvalue weighted by atomic mass is 10.0. The largest absolute Gasteiger partial charge is 0.388 e. The molecule has 5 rings (SSSR count). The molecular formula is C38H44N2O6. The molecule has 2 N–H and O–H groups in total. The molecule has 0 aliphatic carbocycles. The number of carbonyl (C=O) groups is 1. The Hall–Kier alpha value is -3.89. The van der Waals surface area contributed by atoms with Crippen molar-refractivity contribution in [1.29, 1.82) is 0 Å². The van der Waals surface area contributed by atoms with E-state index in [1.807, 2.05) is 121 Å². The molecule has 46 heavy (non-hydrogen) atoms. The van der Waals surface area contributed by atoms with Gasteiger partial charge in [-0.1, -0.05) is 121 Å². The Kier molecular flexibility index (Phi) is 13.3. The van der Waals surface area contributed by atoms with Gasteiger partial charge in [-0.3, -0.25) is 4.79 Å². The normalized spacial score (nSPS) is 16.0. The minimum atomic E-state index is -1.12. The summed E-state index contributed by atoms with van der Waals surface area (Å²) in [5.74, 6) is -0.193. The van der Waals surface area contributed by atoms with Crippen molar-refractivity contribution in [2.75, 3.05) is 32.8 Å². The van der Waals surface area contributed by atoms with Crippen molar-refractivity contribution in [2.45, 2.75) is 50.8 Å². The molecule has 4 aromatic carbocycles. The SMILES string of the molecule is O=C([C@H](OCc1ccccc1)[C@@H](OCc1ccccc1)[C@H](OCc1ccccc1)[C@H](O)COCc1ccccc1)N1CCNCC1. The first-order chi connectivity index (χ1) is 22.7. The van der Waals surface area contributed by atoms with Gasteiger partial charge in [-0.05, 0) is 22.3 Å². The van der Waals surface area contributed by atoms with Crippen LogP contribution in [0.25, 0.3) is 0 Å². The average Bonchev–Trinajstić information content (AvgIpc) is 3.12. The van der Waals surface area contributed by atoms with Crippen LogP contribution in [0.2, 0.25) is 0 Å². The van der Waals surface area contributed by atoms with Crippen molar-refractivity contribution in [3.63, 3.8) is 0 Å². The Morgan fingerprint density at radius 3 is 1.50 bits per heavy atom. The zero-order chi connectivity index (χ0) is 31.8. The van der Waals surface area contributed by atoms with Crippen molar-refractivity contribution in [3.8, 4) is 0 Å². The number of aliphatic hydroxyl groups excluding tert-OH is 1. The number of nitrogens with one attached hydrogen (secondary N) is 1. The highest BCUT2D eigenvalue weighted by Crippen LogP contribution is 2.23. The third kappa shape index (κ3) is 10.3. The molecule has 0 saturated carbocycles. The van der Waals surface area contributed by atoms with Crippen LogP contribution in [0.3, 0.4) is 0 Å². The molecule has 1 aliphatic heterocycles. The van der Waals surface area contributed by atoms with Gasteiger partial charge >= 0.3 is 0 Å². The molecule has 1 amide bonds. The van der Waals surface area contributed by atoms with Crippen LogP contribution in [0.4, 0.5) is 0 Å². The van der Waals surface area contributed by atoms with Gasteiger partial charge in [-0.2, -0.15) is 0 Å². The van der Waals surface area contributed by atoms with Crippen LogP contribution < -0.4 is 5.32 Å². The first-order valence-corrected chi connectivity index (χ1v) is 15.9. The third-order valence-corrected chi connectivity index (χ3v) is 7.92. The second kappa shape index (κ2) is 18.3. The van der Waals surface area contributed by atoms with E-state index in [1.165, 1.54) is 0 Å². The summed E-state index contributed by atoms with van der Waals surface area (Å²) >= 11 is 0. The Morgan fingerprint density at radius 2 is 1.02 bits per heavy atom. The zero-order valence-electron chi connectivity index (χ0n) is 26.2. The van der Waals surface area contributed by atoms with E-state index in [2.05, 4.69) is 5.32 Å². The van der Waals surface area contributed by atoms with Crippen LogP contribution in [-0.4, -0.2) is 73.1 Å². The summed E-state index contributed by atoms with van der Waals surface area (Å²) in [7, 11) is 0. The van der Waals surface area contributed by atoms with Gasteiger partial charge in [0.05, 0.1) is 33.0 Å². The predicted octanol–water partition coefficient (Wildman–Crippen LogP) is 4.75. The number of nitrogens with zero attached hydrogens (tertiary/aromatic N) is 1. The van der Waals surface area contributed by atoms with E-state index in [1.54, 1.807) is 4.90 Å². The van der Waals surface area contributed by atoms with E-state index in [0.29, 0.717) is 32.8 Å². The molecule has 0 unspecified atom stereocenters. The summed E-state index contributed by atoms with van der Waals surface area (Å²) in [4.78, 5) is 16.1. The second-order valence-electron chi connectivity index (χ2n) is 11.4. The first kappa shape index (κ1) is 33.5. The number of aliphatic hydroxyl groups is 1. The molecule has 8 heteroatoms. The second-order valence-corrected chi connectivity index (χ2v) is 11.4. The summed E-state index contributed by atoms with van der Waals surface area (Å²) in [5.41, 5.74) is 3.78. The van der Waals surface area contributed by atoms with E-state index in [9.17, 15) is 9.90 Å². The molecule has 0 bridgehead atoms. The summed E-state index contributed by atoms with van der Waals surface area (Å²) in [6.45, 7) is 3.39. The summed E-state index contributed by atoms with van der Waals surface area (Å²) in [5, 5.41) is 15.0. The standard InChI is InChI=1S/C38H44N2O6/c41-34(29-43-25-30-13-5-1-6-14-30)35(44-26-31-15-7-2-8-16-31)36(45-27-32-17-9-3-10-18-32)37(38(42)40-23-21-39-22-24-40)46-28-33-19-11-4-12-20-33/h1-20,34-37,39,41H,21-29H2/t34-,35-,36+,37-/m1/s1. The molecular weight excluding hydrogens is 580 g/mol. The number of piperazine rings is 1. The fourth-order valence-corrected chi connectivity index (χ4v) is 5.41. The highest BCUT2D eigenvalue weighted by Gasteiger charge is 2.42. The van der Waals surface area contributed by atoms with Gasteiger partial charge in [0.15, 0.2) is 6.10 Å². The summed E-state index contributed by atoms with van der Waals surface area (Å²) in [6.07, 6.45) is -4.07. The molecule has 4 atom stereocenters. The van der Waals surface area contributed by atoms with E-state index < -0.39 is 24.4 Å². The van der Waals surface area contributed by atoms with E-state index >= 15 is 0 Å². The minimum Gasteiger partial charge on any atom is -0.388 e. The van der Waals surface area contributed by atoms with Gasteiger partial charge in [0.1, 0.15) is 18.3 Å². The molecule has 4 aromatic rings. The number of benzene rings is 4. The Morgan fingerprint density at radius 1 is 0.609 bits per heavy atom. The number of amides is 1. The minimum absolute atomic E-state index is 0.0211. The van der Waals surface area contributed by atoms with Crippen LogP contribution >= 0.6 is 0 Å². The highest BCUT2D eigenvalue weighted by atomic mass is 16.6. The van der Waals surface area contributed by atoms with E-state index in [4.69, 9.17) is 18.9 Å². The molecule has 8 nitrogen and oxygen atoms in total. The van der Waals surface area contributed by atoms with Crippen molar-refractivity contribution in [3.05, 3.63) is 144 Å². The lowest BCUT2D eigenvalue weighted by Gasteiger charge is -2.38. The van der Waals surface area contributed by atoms with Crippen LogP contribution in [0, 0.1) is 0 Å². The van der Waals surface area contributed by atoms with Crippen LogP contribution in [0.5, 0.6) is 0 Å². The quantitative estimate of drug-likeness (QED) is 0.175. The smallest absolute Gasteiger partial charge is 0.254 e. The molecule has 1 heterocycles. The van der Waals surface area contributed by atoms with Gasteiger partial charge in [0.2, 0.25) is 0 Å². The topological polar surface area (TPSA) is 89.5 Å². The lowest BCUT2D eigenvalue weighted by Crippen LogP contribution is -2.58. The van der Waals surface area contributed by atoms with Crippen LogP contribution in [0.1, 0.15) is 22.3 Å². The Balaban J connectivity index is 1.44. The van der Waals surface area contributed by atoms with Gasteiger partial charge in [-0.25, -0.2) is 0 Å². The van der Waals surface area contributed by atoms with E-state index in [0.717, 1.165) is 22.3 Å². The van der Waals surface area contributed by atoms with Crippen LogP contribution in [0.15, 0.2) is 121 Å². The number of ether oxygens (including phenoxy) is 4. The van der Waals surface area contributed by atoms with Gasteiger partial charge < -0.3 is 34.3 Å². The number of hydrogen-bond acceptors (Lipinski definition) is 7. The van der Waals surface area contributed by atoms with Crippen molar-refractivity contribution in [1.82, 2.24) is 10.2 Å². The van der Waals surface area contributed by atoms with Gasteiger partial charge in [0, 0.05) is 26.2 Å². The number of carbonyl (C=O) groups excluding carboxylic acids is 1. The number of hydrogen-bond donors (Lipinski definition) is 2. The van der Waals surface area contributed by atoms with Crippen molar-refractivity contribution < 1.29 is 28.8 Å². The molecule has 1 aliphatic rings. The highest BCUT2D eigenvalue weighted by molar-refractivity contribution is 5.82. The predicted molar refractivity (Wildman–Crippen MR) is 177 cm³/mol. The maximum atomic E-state index is 14.3.